The molecule has 1 saturated carbocycles. The third kappa shape index (κ3) is 3.47. The minimum atomic E-state index is -0.853. The minimum absolute atomic E-state index is 0.0102. The number of nitrogens with zero attached hydrogens (tertiary/aromatic N) is 4. The molecule has 31 heavy (non-hydrogen) atoms. The predicted molar refractivity (Wildman–Crippen MR) is 121 cm³/mol. The van der Waals surface area contributed by atoms with Gasteiger partial charge in [0.15, 0.2) is 0 Å². The minimum Gasteiger partial charge on any atom is -0.390 e. The van der Waals surface area contributed by atoms with Gasteiger partial charge in [-0.05, 0) is 55.0 Å². The molecule has 8 heteroatoms. The molecule has 0 saturated heterocycles. The Morgan fingerprint density at radius 3 is 2.81 bits per heavy atom. The van der Waals surface area contributed by atoms with E-state index in [9.17, 15) is 10.2 Å². The molecule has 1 aromatic carbocycles. The highest BCUT2D eigenvalue weighted by Gasteiger charge is 2.42. The van der Waals surface area contributed by atoms with Crippen molar-refractivity contribution in [3.63, 3.8) is 0 Å². The van der Waals surface area contributed by atoms with E-state index in [0.29, 0.717) is 17.9 Å². The summed E-state index contributed by atoms with van der Waals surface area (Å²) in [4.78, 5) is 13.0. The molecule has 0 aliphatic heterocycles. The zero-order valence-corrected chi connectivity index (χ0v) is 17.3. The van der Waals surface area contributed by atoms with Gasteiger partial charge in [0.25, 0.3) is 0 Å². The smallest absolute Gasteiger partial charge is 0.145 e. The first-order valence-corrected chi connectivity index (χ1v) is 10.6. The Labute approximate surface area is 179 Å². The van der Waals surface area contributed by atoms with Crippen molar-refractivity contribution in [1.29, 1.82) is 0 Å². The van der Waals surface area contributed by atoms with Crippen molar-refractivity contribution >= 4 is 33.6 Å². The number of nitrogens with one attached hydrogen (secondary N) is 1. The van der Waals surface area contributed by atoms with Crippen molar-refractivity contribution in [3.05, 3.63) is 54.5 Å². The quantitative estimate of drug-likeness (QED) is 0.393. The largest absolute Gasteiger partial charge is 0.390 e. The van der Waals surface area contributed by atoms with Gasteiger partial charge in [0.1, 0.15) is 29.7 Å². The Kier molecular flexibility index (Phi) is 4.95. The number of rotatable bonds is 5. The highest BCUT2D eigenvalue weighted by atomic mass is 16.3. The maximum absolute atomic E-state index is 10.8. The van der Waals surface area contributed by atoms with Gasteiger partial charge in [-0.25, -0.2) is 15.0 Å². The van der Waals surface area contributed by atoms with Gasteiger partial charge in [0, 0.05) is 18.6 Å². The zero-order valence-electron chi connectivity index (χ0n) is 17.3. The van der Waals surface area contributed by atoms with Gasteiger partial charge in [-0.3, -0.25) is 0 Å². The molecule has 0 spiro atoms. The Bertz CT molecular complexity index is 1240. The number of nitrogens with two attached hydrogens (primary N) is 1. The molecule has 0 unspecified atom stereocenters. The fourth-order valence-corrected chi connectivity index (χ4v) is 4.73. The summed E-state index contributed by atoms with van der Waals surface area (Å²) in [6.45, 7) is 0. The second kappa shape index (κ2) is 7.79. The van der Waals surface area contributed by atoms with Crippen LogP contribution in [0.3, 0.4) is 0 Å². The van der Waals surface area contributed by atoms with Gasteiger partial charge in [-0.1, -0.05) is 12.1 Å². The summed E-state index contributed by atoms with van der Waals surface area (Å²) in [5.74, 6) is 1.24. The van der Waals surface area contributed by atoms with Crippen molar-refractivity contribution in [3.8, 4) is 0 Å². The maximum atomic E-state index is 10.8. The van der Waals surface area contributed by atoms with Crippen LogP contribution in [-0.2, 0) is 6.42 Å². The lowest BCUT2D eigenvalue weighted by molar-refractivity contribution is 0.00545. The lowest BCUT2D eigenvalue weighted by atomic mass is 9.95. The van der Waals surface area contributed by atoms with Crippen LogP contribution < -0.4 is 11.1 Å². The van der Waals surface area contributed by atoms with Gasteiger partial charge in [0.2, 0.25) is 0 Å². The lowest BCUT2D eigenvalue weighted by Gasteiger charge is -2.19. The summed E-state index contributed by atoms with van der Waals surface area (Å²) in [5.41, 5.74) is 8.75. The first kappa shape index (κ1) is 19.7. The molecule has 4 atom stereocenters. The van der Waals surface area contributed by atoms with Crippen LogP contribution in [0.15, 0.2) is 48.9 Å². The molecule has 0 radical (unpaired) electrons. The van der Waals surface area contributed by atoms with Gasteiger partial charge in [-0.15, -0.1) is 0 Å². The normalized spacial score (nSPS) is 23.6. The standard InChI is InChI=1S/C23H26N6O2/c1-25-19-7-6-14-4-2-13(10-17(14)28-19)3-5-15-11-18(21(31)20(15)30)29-9-8-16-22(24)26-12-27-23(16)29/h2,4,6-10,12,15,18,20-21,30-31H,3,5,11H2,1H3,(H,25,28)(H2,24,26,27)/t15-,18+,20+,21-/m0/s1. The predicted octanol–water partition coefficient (Wildman–Crippen LogP) is 2.52. The molecule has 1 aliphatic rings. The Hall–Kier alpha value is -3.23. The molecule has 4 aromatic rings. The summed E-state index contributed by atoms with van der Waals surface area (Å²) in [5, 5.41) is 26.4. The molecule has 3 heterocycles. The maximum Gasteiger partial charge on any atom is 0.145 e. The summed E-state index contributed by atoms with van der Waals surface area (Å²) < 4.78 is 1.92. The first-order valence-electron chi connectivity index (χ1n) is 10.6. The summed E-state index contributed by atoms with van der Waals surface area (Å²) in [6.07, 6.45) is 3.92. The van der Waals surface area contributed by atoms with Crippen LogP contribution in [-0.4, -0.2) is 49.0 Å². The second-order valence-electron chi connectivity index (χ2n) is 8.28. The van der Waals surface area contributed by atoms with E-state index in [-0.39, 0.29) is 12.0 Å². The van der Waals surface area contributed by atoms with Gasteiger partial charge < -0.3 is 25.8 Å². The number of benzene rings is 1. The van der Waals surface area contributed by atoms with E-state index in [1.54, 1.807) is 0 Å². The van der Waals surface area contributed by atoms with Gasteiger partial charge >= 0.3 is 0 Å². The average molecular weight is 419 g/mol. The van der Waals surface area contributed by atoms with E-state index in [0.717, 1.165) is 34.9 Å². The van der Waals surface area contributed by atoms with E-state index in [4.69, 9.17) is 5.73 Å². The molecular formula is C23H26N6O2. The van der Waals surface area contributed by atoms with Gasteiger partial charge in [0.05, 0.1) is 23.0 Å². The Morgan fingerprint density at radius 1 is 1.13 bits per heavy atom. The fraction of sp³-hybridized carbons (Fsp3) is 0.348. The van der Waals surface area contributed by atoms with Crippen LogP contribution in [0.4, 0.5) is 11.6 Å². The number of aliphatic hydroxyl groups is 2. The number of fused-ring (bicyclic) bond motifs is 2. The van der Waals surface area contributed by atoms with Crippen molar-refractivity contribution in [1.82, 2.24) is 19.5 Å². The highest BCUT2D eigenvalue weighted by molar-refractivity contribution is 5.86. The molecule has 1 aliphatic carbocycles. The van der Waals surface area contributed by atoms with E-state index in [2.05, 4.69) is 44.5 Å². The van der Waals surface area contributed by atoms with Crippen LogP contribution in [0.1, 0.15) is 24.4 Å². The number of hydrogen-bond donors (Lipinski definition) is 4. The van der Waals surface area contributed by atoms with Crippen LogP contribution >= 0.6 is 0 Å². The Morgan fingerprint density at radius 2 is 1.97 bits per heavy atom. The average Bonchev–Trinajstić information content (AvgIpc) is 3.34. The van der Waals surface area contributed by atoms with Crippen LogP contribution in [0, 0.1) is 5.92 Å². The molecule has 8 nitrogen and oxygen atoms in total. The highest BCUT2D eigenvalue weighted by Crippen LogP contribution is 2.39. The topological polar surface area (TPSA) is 122 Å². The second-order valence-corrected chi connectivity index (χ2v) is 8.28. The number of pyridine rings is 1. The lowest BCUT2D eigenvalue weighted by Crippen LogP contribution is -2.29. The number of aryl methyl sites for hydroxylation is 1. The van der Waals surface area contributed by atoms with Crippen LogP contribution in [0.2, 0.25) is 0 Å². The number of anilines is 2. The molecule has 160 valence electrons. The number of hydrogen-bond acceptors (Lipinski definition) is 7. The molecule has 0 bridgehead atoms. The monoisotopic (exact) mass is 418 g/mol. The van der Waals surface area contributed by atoms with Crippen molar-refractivity contribution in [2.24, 2.45) is 5.92 Å². The third-order valence-corrected chi connectivity index (χ3v) is 6.49. The number of aliphatic hydroxyl groups excluding tert-OH is 2. The summed E-state index contributed by atoms with van der Waals surface area (Å²) >= 11 is 0. The molecular weight excluding hydrogens is 392 g/mol. The fourth-order valence-electron chi connectivity index (χ4n) is 4.73. The van der Waals surface area contributed by atoms with Crippen LogP contribution in [0.25, 0.3) is 21.9 Å². The van der Waals surface area contributed by atoms with Crippen molar-refractivity contribution in [2.45, 2.75) is 37.5 Å². The third-order valence-electron chi connectivity index (χ3n) is 6.49. The van der Waals surface area contributed by atoms with Gasteiger partial charge in [-0.2, -0.15) is 0 Å². The summed E-state index contributed by atoms with van der Waals surface area (Å²) in [7, 11) is 1.86. The molecule has 0 amide bonds. The molecule has 5 rings (SSSR count). The number of aromatic nitrogens is 4. The molecule has 1 fully saturated rings. The van der Waals surface area contributed by atoms with Crippen molar-refractivity contribution < 1.29 is 10.2 Å². The molecule has 3 aromatic heterocycles. The Balaban J connectivity index is 1.33. The van der Waals surface area contributed by atoms with Crippen LogP contribution in [0.5, 0.6) is 0 Å². The van der Waals surface area contributed by atoms with E-state index < -0.39 is 12.2 Å². The first-order chi connectivity index (χ1) is 15.0. The molecule has 5 N–H and O–H groups in total. The summed E-state index contributed by atoms with van der Waals surface area (Å²) in [6, 6.07) is 11.9. The zero-order chi connectivity index (χ0) is 21.5. The van der Waals surface area contributed by atoms with E-state index >= 15 is 0 Å². The van der Waals surface area contributed by atoms with E-state index in [1.807, 2.05) is 29.9 Å². The SMILES string of the molecule is CNc1ccc2ccc(CC[C@H]3C[C@@H](n4ccc5c(N)ncnc54)[C@H](O)[C@@H]3O)cc2n1. The number of nitrogen functional groups attached to an aromatic ring is 1. The van der Waals surface area contributed by atoms with Crippen molar-refractivity contribution in [2.75, 3.05) is 18.1 Å². The van der Waals surface area contributed by atoms with E-state index in [1.165, 1.54) is 11.9 Å².